The van der Waals surface area contributed by atoms with Gasteiger partial charge in [-0.25, -0.2) is 0 Å². The first-order valence-corrected chi connectivity index (χ1v) is 4.32. The Morgan fingerprint density at radius 3 is 2.82 bits per heavy atom. The highest BCUT2D eigenvalue weighted by atomic mass is 14.8. The van der Waals surface area contributed by atoms with Gasteiger partial charge < -0.3 is 5.32 Å². The summed E-state index contributed by atoms with van der Waals surface area (Å²) in [4.78, 5) is 0. The molecule has 11 heavy (non-hydrogen) atoms. The monoisotopic (exact) mass is 151 g/mol. The number of hydrogen-bond acceptors (Lipinski definition) is 1. The summed E-state index contributed by atoms with van der Waals surface area (Å²) in [5, 5.41) is 3.10. The molecular weight excluding hydrogens is 134 g/mol. The molecule has 1 heteroatoms. The Morgan fingerprint density at radius 1 is 1.55 bits per heavy atom. The molecule has 1 nitrogen and oxygen atoms in total. The van der Waals surface area contributed by atoms with Gasteiger partial charge in [0.05, 0.1) is 0 Å². The second kappa shape index (κ2) is 3.61. The molecule has 0 bridgehead atoms. The van der Waals surface area contributed by atoms with Crippen LogP contribution in [-0.2, 0) is 0 Å². The fourth-order valence-electron chi connectivity index (χ4n) is 1.69. The van der Waals surface area contributed by atoms with Crippen molar-refractivity contribution in [2.45, 2.75) is 26.7 Å². The van der Waals surface area contributed by atoms with Gasteiger partial charge in [-0.3, -0.25) is 0 Å². The highest BCUT2D eigenvalue weighted by molar-refractivity contribution is 5.36. The molecule has 1 fully saturated rings. The molecule has 0 aliphatic heterocycles. The summed E-state index contributed by atoms with van der Waals surface area (Å²) in [6.45, 7) is 4.41. The molecule has 1 saturated carbocycles. The minimum atomic E-state index is 0.744. The summed E-state index contributed by atoms with van der Waals surface area (Å²) in [5.74, 6) is 0.744. The minimum absolute atomic E-state index is 0.744. The Hall–Kier alpha value is -0.720. The predicted molar refractivity (Wildman–Crippen MR) is 49.3 cm³/mol. The number of allylic oxidation sites excluding steroid dienone is 3. The van der Waals surface area contributed by atoms with Crippen LogP contribution < -0.4 is 5.32 Å². The van der Waals surface area contributed by atoms with E-state index in [4.69, 9.17) is 0 Å². The van der Waals surface area contributed by atoms with Crippen molar-refractivity contribution < 1.29 is 0 Å². The van der Waals surface area contributed by atoms with Crippen LogP contribution in [0.4, 0.5) is 0 Å². The largest absolute Gasteiger partial charge is 0.394 e. The van der Waals surface area contributed by atoms with E-state index in [1.807, 2.05) is 7.05 Å². The molecule has 62 valence electrons. The summed E-state index contributed by atoms with van der Waals surface area (Å²) < 4.78 is 0. The lowest BCUT2D eigenvalue weighted by atomic mass is 10.0. The zero-order valence-corrected chi connectivity index (χ0v) is 7.65. The van der Waals surface area contributed by atoms with Crippen molar-refractivity contribution in [1.29, 1.82) is 0 Å². The van der Waals surface area contributed by atoms with Gasteiger partial charge in [-0.2, -0.15) is 0 Å². The first-order chi connectivity index (χ1) is 5.29. The van der Waals surface area contributed by atoms with Crippen LogP contribution in [0.25, 0.3) is 0 Å². The van der Waals surface area contributed by atoms with E-state index in [0.29, 0.717) is 0 Å². The molecule has 0 spiro atoms. The van der Waals surface area contributed by atoms with E-state index < -0.39 is 0 Å². The maximum Gasteiger partial charge on any atom is 0.00278 e. The third kappa shape index (κ3) is 1.65. The average molecular weight is 151 g/mol. The van der Waals surface area contributed by atoms with Crippen molar-refractivity contribution >= 4 is 0 Å². The summed E-state index contributed by atoms with van der Waals surface area (Å²) in [6, 6.07) is 0. The Morgan fingerprint density at radius 2 is 2.27 bits per heavy atom. The fraction of sp³-hybridized carbons (Fsp3) is 0.600. The van der Waals surface area contributed by atoms with Crippen molar-refractivity contribution in [3.05, 3.63) is 23.4 Å². The van der Waals surface area contributed by atoms with E-state index >= 15 is 0 Å². The van der Waals surface area contributed by atoms with Crippen LogP contribution in [0.15, 0.2) is 23.4 Å². The molecule has 0 aromatic heterocycles. The Labute approximate surface area is 69.2 Å². The van der Waals surface area contributed by atoms with E-state index in [-0.39, 0.29) is 0 Å². The summed E-state index contributed by atoms with van der Waals surface area (Å²) in [5.41, 5.74) is 3.02. The lowest BCUT2D eigenvalue weighted by Crippen LogP contribution is -1.99. The first kappa shape index (κ1) is 8.38. The molecule has 0 heterocycles. The van der Waals surface area contributed by atoms with Crippen LogP contribution in [0.3, 0.4) is 0 Å². The minimum Gasteiger partial charge on any atom is -0.394 e. The molecule has 1 unspecified atom stereocenters. The molecule has 1 atom stereocenters. The van der Waals surface area contributed by atoms with Crippen LogP contribution >= 0.6 is 0 Å². The van der Waals surface area contributed by atoms with E-state index in [1.165, 1.54) is 24.0 Å². The van der Waals surface area contributed by atoms with Gasteiger partial charge in [0.15, 0.2) is 0 Å². The Bertz CT molecular complexity index is 189. The summed E-state index contributed by atoms with van der Waals surface area (Å²) >= 11 is 0. The van der Waals surface area contributed by atoms with Crippen molar-refractivity contribution in [1.82, 2.24) is 5.32 Å². The lowest BCUT2D eigenvalue weighted by Gasteiger charge is -2.04. The van der Waals surface area contributed by atoms with E-state index in [0.717, 1.165) is 5.92 Å². The van der Waals surface area contributed by atoms with Crippen LogP contribution in [0.2, 0.25) is 0 Å². The molecule has 1 aliphatic carbocycles. The molecule has 0 saturated heterocycles. The number of hydrogen-bond donors (Lipinski definition) is 1. The highest BCUT2D eigenvalue weighted by Crippen LogP contribution is 2.34. The first-order valence-electron chi connectivity index (χ1n) is 4.32. The van der Waals surface area contributed by atoms with Gasteiger partial charge in [0.2, 0.25) is 0 Å². The standard InChI is InChI=1S/C10H17N/c1-4-9-6-5-8(2)10(9)7-11-3/h4,7-8,11H,5-6H2,1-3H3/b9-4-,10-7-. The molecule has 1 aliphatic rings. The van der Waals surface area contributed by atoms with Gasteiger partial charge in [-0.15, -0.1) is 0 Å². The second-order valence-electron chi connectivity index (χ2n) is 3.14. The van der Waals surface area contributed by atoms with Gasteiger partial charge in [-0.1, -0.05) is 13.0 Å². The maximum atomic E-state index is 3.10. The second-order valence-corrected chi connectivity index (χ2v) is 3.14. The molecule has 0 aromatic rings. The SMILES string of the molecule is C/C=C1/CCC(C)/C1=C/NC. The highest BCUT2D eigenvalue weighted by Gasteiger charge is 2.19. The average Bonchev–Trinajstić information content (AvgIpc) is 2.34. The number of rotatable bonds is 1. The van der Waals surface area contributed by atoms with E-state index in [1.54, 1.807) is 0 Å². The topological polar surface area (TPSA) is 12.0 Å². The zero-order valence-electron chi connectivity index (χ0n) is 7.65. The smallest absolute Gasteiger partial charge is 0.00278 e. The Kier molecular flexibility index (Phi) is 2.75. The van der Waals surface area contributed by atoms with E-state index in [9.17, 15) is 0 Å². The van der Waals surface area contributed by atoms with Gasteiger partial charge >= 0.3 is 0 Å². The number of nitrogens with one attached hydrogen (secondary N) is 1. The van der Waals surface area contributed by atoms with Crippen molar-refractivity contribution in [2.24, 2.45) is 5.92 Å². The molecule has 0 radical (unpaired) electrons. The normalized spacial score (nSPS) is 31.7. The van der Waals surface area contributed by atoms with Crippen LogP contribution in [-0.4, -0.2) is 7.05 Å². The summed E-state index contributed by atoms with van der Waals surface area (Å²) in [7, 11) is 1.96. The quantitative estimate of drug-likeness (QED) is 0.607. The third-order valence-corrected chi connectivity index (χ3v) is 2.40. The summed E-state index contributed by atoms with van der Waals surface area (Å²) in [6.07, 6.45) is 6.93. The van der Waals surface area contributed by atoms with Crippen LogP contribution in [0.1, 0.15) is 26.7 Å². The molecule has 1 rings (SSSR count). The Balaban J connectivity index is 2.80. The third-order valence-electron chi connectivity index (χ3n) is 2.40. The van der Waals surface area contributed by atoms with Gasteiger partial charge in [0.1, 0.15) is 0 Å². The van der Waals surface area contributed by atoms with E-state index in [2.05, 4.69) is 31.4 Å². The molecule has 1 N–H and O–H groups in total. The molecule has 0 amide bonds. The molecular formula is C10H17N. The van der Waals surface area contributed by atoms with Gasteiger partial charge in [0.25, 0.3) is 0 Å². The van der Waals surface area contributed by atoms with Crippen molar-refractivity contribution in [3.63, 3.8) is 0 Å². The maximum absolute atomic E-state index is 3.10. The van der Waals surface area contributed by atoms with Gasteiger partial charge in [-0.05, 0) is 43.0 Å². The fourth-order valence-corrected chi connectivity index (χ4v) is 1.69. The van der Waals surface area contributed by atoms with Gasteiger partial charge in [0, 0.05) is 7.05 Å². The zero-order chi connectivity index (χ0) is 8.27. The van der Waals surface area contributed by atoms with Crippen LogP contribution in [0.5, 0.6) is 0 Å². The molecule has 0 aromatic carbocycles. The lowest BCUT2D eigenvalue weighted by molar-refractivity contribution is 0.693. The van der Waals surface area contributed by atoms with Crippen LogP contribution in [0, 0.1) is 5.92 Å². The van der Waals surface area contributed by atoms with Crippen molar-refractivity contribution in [3.8, 4) is 0 Å². The van der Waals surface area contributed by atoms with Crippen molar-refractivity contribution in [2.75, 3.05) is 7.05 Å². The predicted octanol–water partition coefficient (Wildman–Crippen LogP) is 2.47.